The summed E-state index contributed by atoms with van der Waals surface area (Å²) in [6, 6.07) is 0. The second-order valence-corrected chi connectivity index (χ2v) is 6.53. The van der Waals surface area contributed by atoms with Gasteiger partial charge in [-0.25, -0.2) is 0 Å². The molecule has 0 aromatic heterocycles. The zero-order valence-electron chi connectivity index (χ0n) is 12.2. The Hall–Kier alpha value is -0.290. The number of halogens is 3. The van der Waals surface area contributed by atoms with Gasteiger partial charge < -0.3 is 10.0 Å². The van der Waals surface area contributed by atoms with Gasteiger partial charge in [-0.3, -0.25) is 0 Å². The van der Waals surface area contributed by atoms with Crippen LogP contribution in [-0.4, -0.2) is 41.9 Å². The van der Waals surface area contributed by atoms with Crippen LogP contribution in [0.2, 0.25) is 0 Å². The number of nitrogens with zero attached hydrogens (tertiary/aromatic N) is 1. The van der Waals surface area contributed by atoms with E-state index < -0.39 is 12.1 Å². The van der Waals surface area contributed by atoms with Crippen LogP contribution in [0.3, 0.4) is 0 Å². The lowest BCUT2D eigenvalue weighted by Gasteiger charge is -2.39. The first kappa shape index (κ1) is 16.1. The third kappa shape index (κ3) is 4.10. The highest BCUT2D eigenvalue weighted by Gasteiger charge is 2.41. The molecule has 118 valence electrons. The fraction of sp³-hybridized carbons (Fsp3) is 1.00. The molecular formula is C15H26F3NO. The molecular weight excluding hydrogens is 267 g/mol. The lowest BCUT2D eigenvalue weighted by Crippen LogP contribution is -2.44. The molecule has 1 N–H and O–H groups in total. The molecule has 0 amide bonds. The van der Waals surface area contributed by atoms with Crippen LogP contribution in [0.4, 0.5) is 13.2 Å². The van der Waals surface area contributed by atoms with Crippen molar-refractivity contribution in [2.75, 3.05) is 19.6 Å². The Bertz CT molecular complexity index is 300. The molecule has 1 heterocycles. The average Bonchev–Trinajstić information content (AvgIpc) is 2.41. The standard InChI is InChI=1S/C15H26F3NO/c1-2-11-3-4-14(20)12(9-11)10-19-7-5-13(6-8-19)15(16,17)18/h11-14,20H,2-10H2,1H3. The first-order chi connectivity index (χ1) is 9.40. The monoisotopic (exact) mass is 293 g/mol. The van der Waals surface area contributed by atoms with E-state index in [1.54, 1.807) is 0 Å². The summed E-state index contributed by atoms with van der Waals surface area (Å²) in [6.07, 6.45) is 0.220. The molecule has 0 spiro atoms. The van der Waals surface area contributed by atoms with E-state index in [0.717, 1.165) is 32.2 Å². The molecule has 5 heteroatoms. The van der Waals surface area contributed by atoms with Gasteiger partial charge in [0, 0.05) is 6.54 Å². The molecule has 2 nitrogen and oxygen atoms in total. The molecule has 2 aliphatic rings. The number of piperidine rings is 1. The molecule has 0 bridgehead atoms. The third-order valence-corrected chi connectivity index (χ3v) is 5.17. The maximum Gasteiger partial charge on any atom is 0.391 e. The summed E-state index contributed by atoms with van der Waals surface area (Å²) in [5.74, 6) is -0.203. The number of aliphatic hydroxyl groups excluding tert-OH is 1. The van der Waals surface area contributed by atoms with Gasteiger partial charge in [-0.15, -0.1) is 0 Å². The van der Waals surface area contributed by atoms with Crippen molar-refractivity contribution in [1.82, 2.24) is 4.90 Å². The Labute approximate surface area is 119 Å². The Morgan fingerprint density at radius 3 is 2.30 bits per heavy atom. The number of alkyl halides is 3. The van der Waals surface area contributed by atoms with Gasteiger partial charge in [0.25, 0.3) is 0 Å². The van der Waals surface area contributed by atoms with Crippen molar-refractivity contribution >= 4 is 0 Å². The summed E-state index contributed by atoms with van der Waals surface area (Å²) in [5.41, 5.74) is 0. The SMILES string of the molecule is CCC1CCC(O)C(CN2CCC(C(F)(F)F)CC2)C1. The molecule has 20 heavy (non-hydrogen) atoms. The van der Waals surface area contributed by atoms with Crippen molar-refractivity contribution in [3.63, 3.8) is 0 Å². The largest absolute Gasteiger partial charge is 0.393 e. The van der Waals surface area contributed by atoms with Crippen molar-refractivity contribution in [2.45, 2.75) is 57.7 Å². The molecule has 2 rings (SSSR count). The van der Waals surface area contributed by atoms with E-state index in [9.17, 15) is 18.3 Å². The van der Waals surface area contributed by atoms with Crippen molar-refractivity contribution in [3.8, 4) is 0 Å². The summed E-state index contributed by atoms with van der Waals surface area (Å²) in [5, 5.41) is 10.1. The van der Waals surface area contributed by atoms with Gasteiger partial charge in [-0.1, -0.05) is 13.3 Å². The normalized spacial score (nSPS) is 34.4. The van der Waals surface area contributed by atoms with Gasteiger partial charge in [0.2, 0.25) is 0 Å². The van der Waals surface area contributed by atoms with Crippen molar-refractivity contribution in [3.05, 3.63) is 0 Å². The van der Waals surface area contributed by atoms with E-state index in [2.05, 4.69) is 11.8 Å². The minimum Gasteiger partial charge on any atom is -0.393 e. The molecule has 0 aromatic rings. The summed E-state index contributed by atoms with van der Waals surface area (Å²) in [6.45, 7) is 3.98. The lowest BCUT2D eigenvalue weighted by atomic mass is 9.78. The highest BCUT2D eigenvalue weighted by atomic mass is 19.4. The fourth-order valence-electron chi connectivity index (χ4n) is 3.69. The van der Waals surface area contributed by atoms with Gasteiger partial charge >= 0.3 is 6.18 Å². The quantitative estimate of drug-likeness (QED) is 0.861. The predicted molar refractivity (Wildman–Crippen MR) is 72.3 cm³/mol. The number of likely N-dealkylation sites (tertiary alicyclic amines) is 1. The van der Waals surface area contributed by atoms with Gasteiger partial charge in [0.05, 0.1) is 12.0 Å². The first-order valence-corrected chi connectivity index (χ1v) is 7.87. The summed E-state index contributed by atoms with van der Waals surface area (Å²) >= 11 is 0. The van der Waals surface area contributed by atoms with Crippen LogP contribution in [0, 0.1) is 17.8 Å². The molecule has 2 fully saturated rings. The minimum absolute atomic E-state index is 0.212. The van der Waals surface area contributed by atoms with Crippen LogP contribution in [0.5, 0.6) is 0 Å². The van der Waals surface area contributed by atoms with E-state index in [4.69, 9.17) is 0 Å². The van der Waals surface area contributed by atoms with E-state index in [-0.39, 0.29) is 24.9 Å². The van der Waals surface area contributed by atoms with Gasteiger partial charge in [-0.05, 0) is 57.0 Å². The minimum atomic E-state index is -4.04. The molecule has 1 saturated carbocycles. The molecule has 1 aliphatic heterocycles. The maximum atomic E-state index is 12.6. The van der Waals surface area contributed by atoms with E-state index in [1.807, 2.05) is 0 Å². The number of hydrogen-bond acceptors (Lipinski definition) is 2. The van der Waals surface area contributed by atoms with E-state index in [0.29, 0.717) is 19.0 Å². The van der Waals surface area contributed by atoms with Crippen LogP contribution >= 0.6 is 0 Å². The Morgan fingerprint density at radius 1 is 1.10 bits per heavy atom. The second-order valence-electron chi connectivity index (χ2n) is 6.53. The summed E-state index contributed by atoms with van der Waals surface area (Å²) in [7, 11) is 0. The Balaban J connectivity index is 1.80. The average molecular weight is 293 g/mol. The van der Waals surface area contributed by atoms with Crippen molar-refractivity contribution in [2.24, 2.45) is 17.8 Å². The molecule has 0 aromatic carbocycles. The van der Waals surface area contributed by atoms with Gasteiger partial charge in [0.15, 0.2) is 0 Å². The topological polar surface area (TPSA) is 23.5 Å². The van der Waals surface area contributed by atoms with Crippen LogP contribution in [0.15, 0.2) is 0 Å². The highest BCUT2D eigenvalue weighted by Crippen LogP contribution is 2.36. The second kappa shape index (κ2) is 6.65. The maximum absolute atomic E-state index is 12.6. The van der Waals surface area contributed by atoms with Crippen molar-refractivity contribution in [1.29, 1.82) is 0 Å². The predicted octanol–water partition coefficient (Wildman–Crippen LogP) is 3.45. The molecule has 3 unspecified atom stereocenters. The lowest BCUT2D eigenvalue weighted by molar-refractivity contribution is -0.185. The van der Waals surface area contributed by atoms with Crippen LogP contribution in [-0.2, 0) is 0 Å². The van der Waals surface area contributed by atoms with Gasteiger partial charge in [-0.2, -0.15) is 13.2 Å². The van der Waals surface area contributed by atoms with Crippen LogP contribution in [0.1, 0.15) is 45.4 Å². The Kier molecular flexibility index (Phi) is 5.35. The van der Waals surface area contributed by atoms with Crippen LogP contribution < -0.4 is 0 Å². The molecule has 0 radical (unpaired) electrons. The smallest absolute Gasteiger partial charge is 0.391 e. The molecule has 1 saturated heterocycles. The highest BCUT2D eigenvalue weighted by molar-refractivity contribution is 4.84. The fourth-order valence-corrected chi connectivity index (χ4v) is 3.69. The van der Waals surface area contributed by atoms with Gasteiger partial charge in [0.1, 0.15) is 0 Å². The zero-order chi connectivity index (χ0) is 14.8. The molecule has 3 atom stereocenters. The number of aliphatic hydroxyl groups is 1. The van der Waals surface area contributed by atoms with Crippen LogP contribution in [0.25, 0.3) is 0 Å². The number of hydrogen-bond donors (Lipinski definition) is 1. The number of rotatable bonds is 3. The summed E-state index contributed by atoms with van der Waals surface area (Å²) < 4.78 is 37.9. The zero-order valence-corrected chi connectivity index (χ0v) is 12.2. The summed E-state index contributed by atoms with van der Waals surface area (Å²) in [4.78, 5) is 2.12. The van der Waals surface area contributed by atoms with E-state index >= 15 is 0 Å². The first-order valence-electron chi connectivity index (χ1n) is 7.87. The van der Waals surface area contributed by atoms with Crippen molar-refractivity contribution < 1.29 is 18.3 Å². The van der Waals surface area contributed by atoms with E-state index in [1.165, 1.54) is 0 Å². The third-order valence-electron chi connectivity index (χ3n) is 5.17. The molecule has 1 aliphatic carbocycles. The Morgan fingerprint density at radius 2 is 1.75 bits per heavy atom.